The highest BCUT2D eigenvalue weighted by Crippen LogP contribution is 2.52. The fourth-order valence-electron chi connectivity index (χ4n) is 13.3. The zero-order chi connectivity index (χ0) is 80.9. The minimum Gasteiger partial charge on any atom is -0.466 e. The van der Waals surface area contributed by atoms with E-state index in [1.165, 1.54) is 53.6 Å². The van der Waals surface area contributed by atoms with Gasteiger partial charge in [-0.2, -0.15) is 30.9 Å². The fraction of sp³-hybridized carbons (Fsp3) is 0.520. The van der Waals surface area contributed by atoms with Crippen LogP contribution in [0.15, 0.2) is 122 Å². The highest BCUT2D eigenvalue weighted by Gasteiger charge is 2.64. The highest BCUT2D eigenvalue weighted by atomic mass is 31.2. The molecular formula is C75H95N13O23P2. The van der Waals surface area contributed by atoms with Crippen molar-refractivity contribution in [3.8, 4) is 29.4 Å². The molecule has 0 amide bonds. The van der Waals surface area contributed by atoms with Crippen LogP contribution in [0.5, 0.6) is 17.2 Å². The number of carbonyl (C=O) groups is 4. The van der Waals surface area contributed by atoms with E-state index in [-0.39, 0.29) is 85.6 Å². The van der Waals surface area contributed by atoms with Crippen LogP contribution in [0.1, 0.15) is 167 Å². The summed E-state index contributed by atoms with van der Waals surface area (Å²) in [5.74, 6) is -2.55. The van der Waals surface area contributed by atoms with Crippen LogP contribution in [0.2, 0.25) is 0 Å². The van der Waals surface area contributed by atoms with Crippen molar-refractivity contribution in [2.45, 2.75) is 221 Å². The number of anilines is 2. The van der Waals surface area contributed by atoms with E-state index < -0.39 is 123 Å². The number of hydrogen-bond donors (Lipinski definition) is 7. The lowest BCUT2D eigenvalue weighted by Crippen LogP contribution is -2.46. The largest absolute Gasteiger partial charge is 0.513 e. The van der Waals surface area contributed by atoms with Gasteiger partial charge in [-0.1, -0.05) is 75.9 Å². The van der Waals surface area contributed by atoms with E-state index in [9.17, 15) is 64.3 Å². The lowest BCUT2D eigenvalue weighted by atomic mass is 9.96. The van der Waals surface area contributed by atoms with E-state index in [1.807, 2.05) is 26.0 Å². The number of nitrogens with zero attached hydrogens (tertiary/aromatic N) is 9. The summed E-state index contributed by atoms with van der Waals surface area (Å²) in [5.41, 5.74) is 9.82. The SMILES string of the molecule is CC1(C)O[C@H]2[C@H](c3ccc4c(N)ncnn34)O[C@](C#N)(CO)[C@H]2O1.CCCCOC(=O)CC[C@H](NP(=O)(OC[C@@]1(C#N)O[C@@H](c2ccc3c(N)ncnn23)[C@H](O)[C@@H]1O)Oc1ccccc1)C(=O)OC1CCCCC1.CCCCOC(=O)CC[C@H](NP(=O)(Oc1ccccc1)Oc1ccc([N+](=O)[O-])cc1)C(=O)OC1CCCCC1. The van der Waals surface area contributed by atoms with Crippen LogP contribution in [-0.4, -0.2) is 165 Å². The summed E-state index contributed by atoms with van der Waals surface area (Å²) in [5, 5.41) is 76.5. The maximum absolute atomic E-state index is 14.5. The normalized spacial score (nSPS) is 23.5. The Bertz CT molecular complexity index is 4540. The molecule has 3 aliphatic heterocycles. The minimum atomic E-state index is -4.64. The Morgan fingerprint density at radius 2 is 1.09 bits per heavy atom. The summed E-state index contributed by atoms with van der Waals surface area (Å²) in [6.07, 6.45) is 6.35. The van der Waals surface area contributed by atoms with Gasteiger partial charge in [0.15, 0.2) is 17.4 Å². The van der Waals surface area contributed by atoms with E-state index in [2.05, 4.69) is 30.3 Å². The molecule has 4 aromatic heterocycles. The molecule has 7 aromatic rings. The van der Waals surface area contributed by atoms with E-state index in [0.29, 0.717) is 41.8 Å². The zero-order valence-electron chi connectivity index (χ0n) is 63.0. The van der Waals surface area contributed by atoms with Crippen LogP contribution < -0.4 is 35.2 Å². The smallest absolute Gasteiger partial charge is 0.466 e. The minimum absolute atomic E-state index is 0.0192. The summed E-state index contributed by atoms with van der Waals surface area (Å²) in [6.45, 7) is 6.59. The second-order valence-electron chi connectivity index (χ2n) is 28.0. The average Bonchev–Trinajstić information content (AvgIpc) is 1.55. The Labute approximate surface area is 651 Å². The van der Waals surface area contributed by atoms with Gasteiger partial charge in [-0.05, 0) is 152 Å². The molecule has 9 N–H and O–H groups in total. The molecule has 2 aliphatic carbocycles. The molecule has 5 aliphatic rings. The van der Waals surface area contributed by atoms with Crippen LogP contribution in [-0.2, 0) is 70.7 Å². The highest BCUT2D eigenvalue weighted by molar-refractivity contribution is 7.52. The number of carbonyl (C=O) groups excluding carboxylic acids is 4. The van der Waals surface area contributed by atoms with Gasteiger partial charge in [0.2, 0.25) is 11.2 Å². The molecule has 2 unspecified atom stereocenters. The number of benzene rings is 3. The molecule has 0 spiro atoms. The van der Waals surface area contributed by atoms with Crippen LogP contribution in [0.25, 0.3) is 11.0 Å². The first-order chi connectivity index (χ1) is 54.3. The van der Waals surface area contributed by atoms with E-state index in [0.717, 1.165) is 70.6 Å². The number of hydrogen-bond acceptors (Lipinski definition) is 31. The molecular weight excluding hydrogens is 1510 g/mol. The third-order valence-corrected chi connectivity index (χ3v) is 22.3. The maximum atomic E-state index is 14.5. The van der Waals surface area contributed by atoms with Crippen LogP contribution in [0, 0.1) is 32.8 Å². The van der Waals surface area contributed by atoms with Crippen molar-refractivity contribution in [2.75, 3.05) is 37.9 Å². The van der Waals surface area contributed by atoms with Gasteiger partial charge in [0.25, 0.3) is 5.69 Å². The van der Waals surface area contributed by atoms with Gasteiger partial charge in [0.05, 0.1) is 36.1 Å². The number of nitro benzene ring substituents is 1. The first-order valence-corrected chi connectivity index (χ1v) is 40.6. The molecule has 2 saturated carbocycles. The van der Waals surface area contributed by atoms with Crippen molar-refractivity contribution in [3.63, 3.8) is 0 Å². The van der Waals surface area contributed by atoms with Gasteiger partial charge < -0.3 is 78.3 Å². The van der Waals surface area contributed by atoms with Crippen LogP contribution in [0.3, 0.4) is 0 Å². The number of nitrogen functional groups attached to an aromatic ring is 2. The number of fused-ring (bicyclic) bond motifs is 3. The van der Waals surface area contributed by atoms with Crippen molar-refractivity contribution < 1.29 is 105 Å². The number of esters is 4. The van der Waals surface area contributed by atoms with Gasteiger partial charge >= 0.3 is 39.4 Å². The molecule has 7 heterocycles. The Hall–Kier alpha value is -9.78. The third-order valence-electron chi connectivity index (χ3n) is 19.2. The summed E-state index contributed by atoms with van der Waals surface area (Å²) in [4.78, 5) is 69.9. The first-order valence-electron chi connectivity index (χ1n) is 37.5. The quantitative estimate of drug-likeness (QED) is 0.00502. The molecule has 3 aromatic carbocycles. The molecule has 0 bridgehead atoms. The fourth-order valence-corrected chi connectivity index (χ4v) is 16.4. The average molecular weight is 1610 g/mol. The second kappa shape index (κ2) is 39.3. The standard InChI is InChI=1S/C33H43N6O10P.C27H35N2O9P.C15H17N5O4/c1-2-3-18-45-27(40)17-14-24(32(43)47-22-10-6-4-7-11-22)38-50(44,49-23-12-8-5-9-13-23)46-20-33(19-34)30(42)28(41)29(48-33)25-15-16-26-31(35)36-21-37-39(25)26;1-2-3-20-35-26(30)19-18-25(27(31)36-22-10-6-4-7-11-22)28-39(34,37-23-12-8-5-9-13-23)38-24-16-14-21(15-17-24)29(32)33;1-14(2)22-11-10(23-15(5-16,6-21)12(11)24-14)8-3-4-9-13(17)18-7-19-20(8)9/h5,8-9,12-13,15-16,21-22,24,28-30,41-42H,2-4,6-7,10-11,14,17-18,20H2,1H3,(H,38,44)(H2,35,36,37);5,8-9,12-17,22,25H,2-4,6-7,10-11,18-20H2,1H3,(H,28,34);3-4,7,10-12,21H,6H2,1-2H3,(H2,17,18,19)/t24-,28-,29-,30-,33+,50?;25-,39?;10-,11-,12-,15+/m000/s1. The lowest BCUT2D eigenvalue weighted by molar-refractivity contribution is -0.384. The van der Waals surface area contributed by atoms with Crippen molar-refractivity contribution in [1.29, 1.82) is 10.5 Å². The lowest BCUT2D eigenvalue weighted by Gasteiger charge is -2.30. The summed E-state index contributed by atoms with van der Waals surface area (Å²) in [7, 11) is -8.96. The van der Waals surface area contributed by atoms with Crippen LogP contribution >= 0.6 is 15.5 Å². The Morgan fingerprint density at radius 3 is 1.55 bits per heavy atom. The molecule has 36 nitrogen and oxygen atoms in total. The number of para-hydroxylation sites is 2. The zero-order valence-corrected chi connectivity index (χ0v) is 64.7. The molecule has 5 fully saturated rings. The second-order valence-corrected chi connectivity index (χ2v) is 31.3. The molecule has 3 saturated heterocycles. The molecule has 12 atom stereocenters. The molecule has 113 heavy (non-hydrogen) atoms. The molecule has 12 rings (SSSR count). The number of unbranched alkanes of at least 4 members (excludes halogenated alkanes) is 2. The maximum Gasteiger partial charge on any atom is 0.513 e. The van der Waals surface area contributed by atoms with Crippen molar-refractivity contribution in [1.82, 2.24) is 39.4 Å². The number of aromatic nitrogens is 6. The Balaban J connectivity index is 0.000000190. The van der Waals surface area contributed by atoms with Crippen molar-refractivity contribution in [2.24, 2.45) is 0 Å². The van der Waals surface area contributed by atoms with E-state index >= 15 is 0 Å². The van der Waals surface area contributed by atoms with Crippen LogP contribution in [0.4, 0.5) is 17.3 Å². The van der Waals surface area contributed by atoms with Crippen molar-refractivity contribution >= 4 is 67.7 Å². The molecule has 608 valence electrons. The Kier molecular flexibility index (Phi) is 29.8. The summed E-state index contributed by atoms with van der Waals surface area (Å²) < 4.78 is 100. The van der Waals surface area contributed by atoms with Crippen molar-refractivity contribution in [3.05, 3.63) is 143 Å². The Morgan fingerprint density at radius 1 is 0.637 bits per heavy atom. The predicted octanol–water partition coefficient (Wildman–Crippen LogP) is 9.80. The van der Waals surface area contributed by atoms with E-state index in [1.54, 1.807) is 91.2 Å². The number of nitrogens with one attached hydrogen (secondary N) is 2. The van der Waals surface area contributed by atoms with Gasteiger partial charge in [-0.3, -0.25) is 33.8 Å². The summed E-state index contributed by atoms with van der Waals surface area (Å²) in [6, 6.07) is 29.2. The number of nitriles is 2. The van der Waals surface area contributed by atoms with Gasteiger partial charge in [-0.15, -0.1) is 0 Å². The number of ether oxygens (including phenoxy) is 8. The predicted molar refractivity (Wildman–Crippen MR) is 401 cm³/mol. The number of non-ortho nitro benzene ring substituents is 1. The number of aliphatic hydroxyl groups excluding tert-OH is 3. The first kappa shape index (κ1) is 85.6. The van der Waals surface area contributed by atoms with E-state index in [4.69, 9.17) is 67.5 Å². The van der Waals surface area contributed by atoms with Gasteiger partial charge in [0, 0.05) is 25.0 Å². The molecule has 0 radical (unpaired) electrons. The van der Waals surface area contributed by atoms with Gasteiger partial charge in [0.1, 0.15) is 121 Å². The monoisotopic (exact) mass is 1610 g/mol. The number of aliphatic hydroxyl groups is 3. The third kappa shape index (κ3) is 22.2. The van der Waals surface area contributed by atoms with Gasteiger partial charge in [-0.25, -0.2) is 28.1 Å². The summed E-state index contributed by atoms with van der Waals surface area (Å²) >= 11 is 0. The number of rotatable bonds is 33. The number of nitro groups is 1. The number of nitrogens with two attached hydrogens (primary N) is 2. The topological polar surface area (TPSA) is 501 Å². The molecule has 38 heteroatoms.